The lowest BCUT2D eigenvalue weighted by Gasteiger charge is -2.17. The highest BCUT2D eigenvalue weighted by molar-refractivity contribution is 5.81. The van der Waals surface area contributed by atoms with Crippen LogP contribution in [-0.2, 0) is 11.3 Å². The van der Waals surface area contributed by atoms with Crippen LogP contribution in [0, 0.1) is 29.3 Å². The average Bonchev–Trinajstić information content (AvgIpc) is 3.34. The van der Waals surface area contributed by atoms with E-state index in [1.165, 1.54) is 12.1 Å². The molecule has 2 aromatic carbocycles. The van der Waals surface area contributed by atoms with E-state index >= 15 is 0 Å². The fourth-order valence-corrected chi connectivity index (χ4v) is 4.20. The van der Waals surface area contributed by atoms with Crippen molar-refractivity contribution in [2.45, 2.75) is 25.8 Å². The van der Waals surface area contributed by atoms with Crippen molar-refractivity contribution >= 4 is 5.91 Å². The van der Waals surface area contributed by atoms with Crippen molar-refractivity contribution < 1.29 is 18.0 Å². The fourth-order valence-electron chi connectivity index (χ4n) is 4.20. The van der Waals surface area contributed by atoms with Crippen LogP contribution in [0.2, 0.25) is 0 Å². The van der Waals surface area contributed by atoms with Crippen molar-refractivity contribution in [2.75, 3.05) is 13.1 Å². The predicted molar refractivity (Wildman–Crippen MR) is 108 cm³/mol. The van der Waals surface area contributed by atoms with E-state index in [-0.39, 0.29) is 23.3 Å². The lowest BCUT2D eigenvalue weighted by Crippen LogP contribution is -2.30. The molecule has 160 valence electrons. The van der Waals surface area contributed by atoms with E-state index in [1.807, 2.05) is 9.47 Å². The first kappa shape index (κ1) is 19.8. The first-order chi connectivity index (χ1) is 15.0. The second-order valence-electron chi connectivity index (χ2n) is 8.34. The van der Waals surface area contributed by atoms with Gasteiger partial charge in [0.25, 0.3) is 0 Å². The van der Waals surface area contributed by atoms with Gasteiger partial charge in [0.2, 0.25) is 5.91 Å². The van der Waals surface area contributed by atoms with Crippen molar-refractivity contribution in [1.29, 1.82) is 0 Å². The van der Waals surface area contributed by atoms with Crippen LogP contribution in [0.3, 0.4) is 0 Å². The number of amides is 1. The molecule has 8 heteroatoms. The summed E-state index contributed by atoms with van der Waals surface area (Å²) in [5.41, 5.74) is 1.11. The minimum atomic E-state index is -0.979. The maximum atomic E-state index is 14.9. The number of hydrogen-bond acceptors (Lipinski definition) is 3. The summed E-state index contributed by atoms with van der Waals surface area (Å²) < 4.78 is 43.4. The summed E-state index contributed by atoms with van der Waals surface area (Å²) in [7, 11) is 0. The Morgan fingerprint density at radius 3 is 2.42 bits per heavy atom. The molecule has 0 N–H and O–H groups in total. The van der Waals surface area contributed by atoms with Crippen LogP contribution in [0.15, 0.2) is 42.7 Å². The molecule has 0 bridgehead atoms. The Morgan fingerprint density at radius 2 is 1.71 bits per heavy atom. The molecule has 0 unspecified atom stereocenters. The molecule has 1 saturated carbocycles. The zero-order valence-electron chi connectivity index (χ0n) is 16.8. The van der Waals surface area contributed by atoms with Gasteiger partial charge >= 0.3 is 0 Å². The van der Waals surface area contributed by atoms with Gasteiger partial charge in [0.15, 0.2) is 17.5 Å². The van der Waals surface area contributed by atoms with Crippen molar-refractivity contribution in [3.63, 3.8) is 0 Å². The molecule has 2 fully saturated rings. The lowest BCUT2D eigenvalue weighted by molar-refractivity contribution is -0.131. The molecule has 1 aromatic heterocycles. The van der Waals surface area contributed by atoms with E-state index in [0.717, 1.165) is 37.9 Å². The standard InChI is InChI=1S/C23H21F3N4O/c24-19-6-4-17(10-21(19)26)16-3-5-18(20(25)9-16)22-28-27-13-30(22)12-14-7-8-29(11-14)23(31)15-1-2-15/h3-6,9-10,13-15H,1-2,7-8,11-12H2/t14-/m0/s1. The van der Waals surface area contributed by atoms with Crippen LogP contribution in [-0.4, -0.2) is 38.7 Å². The van der Waals surface area contributed by atoms with Crippen molar-refractivity contribution in [3.05, 3.63) is 60.2 Å². The number of likely N-dealkylation sites (tertiary alicyclic amines) is 1. The SMILES string of the molecule is O=C(C1CC1)N1CC[C@H](Cn2cnnc2-c2ccc(-c3ccc(F)c(F)c3)cc2F)C1. The van der Waals surface area contributed by atoms with Gasteiger partial charge in [0.1, 0.15) is 12.1 Å². The summed E-state index contributed by atoms with van der Waals surface area (Å²) in [4.78, 5) is 14.2. The van der Waals surface area contributed by atoms with E-state index in [4.69, 9.17) is 0 Å². The molecule has 2 aliphatic rings. The number of rotatable bonds is 5. The average molecular weight is 426 g/mol. The highest BCUT2D eigenvalue weighted by atomic mass is 19.2. The van der Waals surface area contributed by atoms with Gasteiger partial charge in [0.05, 0.1) is 5.56 Å². The second kappa shape index (κ2) is 7.83. The molecule has 1 atom stereocenters. The molecule has 31 heavy (non-hydrogen) atoms. The Morgan fingerprint density at radius 1 is 0.968 bits per heavy atom. The molecule has 1 aliphatic heterocycles. The van der Waals surface area contributed by atoms with Gasteiger partial charge in [-0.3, -0.25) is 4.79 Å². The summed E-state index contributed by atoms with van der Waals surface area (Å²) in [6.45, 7) is 2.06. The van der Waals surface area contributed by atoms with E-state index < -0.39 is 17.5 Å². The zero-order chi connectivity index (χ0) is 21.5. The maximum Gasteiger partial charge on any atom is 0.225 e. The zero-order valence-corrected chi connectivity index (χ0v) is 16.8. The van der Waals surface area contributed by atoms with Crippen LogP contribution >= 0.6 is 0 Å². The van der Waals surface area contributed by atoms with Gasteiger partial charge in [-0.05, 0) is 60.6 Å². The Kier molecular flexibility index (Phi) is 5.00. The van der Waals surface area contributed by atoms with Crippen molar-refractivity contribution in [1.82, 2.24) is 19.7 Å². The van der Waals surface area contributed by atoms with Gasteiger partial charge in [0, 0.05) is 25.6 Å². The van der Waals surface area contributed by atoms with Gasteiger partial charge in [-0.15, -0.1) is 10.2 Å². The van der Waals surface area contributed by atoms with E-state index in [1.54, 1.807) is 18.5 Å². The van der Waals surface area contributed by atoms with Gasteiger partial charge in [-0.25, -0.2) is 13.2 Å². The van der Waals surface area contributed by atoms with E-state index in [2.05, 4.69) is 10.2 Å². The molecular formula is C23H21F3N4O. The predicted octanol–water partition coefficient (Wildman–Crippen LogP) is 4.29. The number of hydrogen-bond donors (Lipinski definition) is 0. The Bertz CT molecular complexity index is 1140. The highest BCUT2D eigenvalue weighted by Gasteiger charge is 2.36. The lowest BCUT2D eigenvalue weighted by atomic mass is 10.0. The Balaban J connectivity index is 1.34. The molecular weight excluding hydrogens is 405 g/mol. The molecule has 5 nitrogen and oxygen atoms in total. The number of carbonyl (C=O) groups is 1. The van der Waals surface area contributed by atoms with Gasteiger partial charge < -0.3 is 9.47 Å². The van der Waals surface area contributed by atoms with Crippen LogP contribution < -0.4 is 0 Å². The molecule has 0 spiro atoms. The number of aromatic nitrogens is 3. The number of carbonyl (C=O) groups excluding carboxylic acids is 1. The van der Waals surface area contributed by atoms with Crippen molar-refractivity contribution in [3.8, 4) is 22.5 Å². The minimum absolute atomic E-state index is 0.214. The minimum Gasteiger partial charge on any atom is -0.342 e. The van der Waals surface area contributed by atoms with Gasteiger partial charge in [-0.1, -0.05) is 12.1 Å². The van der Waals surface area contributed by atoms with E-state index in [0.29, 0.717) is 30.0 Å². The van der Waals surface area contributed by atoms with Crippen LogP contribution in [0.5, 0.6) is 0 Å². The number of halogens is 3. The largest absolute Gasteiger partial charge is 0.342 e. The molecule has 2 heterocycles. The molecule has 3 aromatic rings. The topological polar surface area (TPSA) is 51.0 Å². The maximum absolute atomic E-state index is 14.9. The monoisotopic (exact) mass is 426 g/mol. The van der Waals surface area contributed by atoms with Crippen LogP contribution in [0.25, 0.3) is 22.5 Å². The quantitative estimate of drug-likeness (QED) is 0.612. The Labute approximate surface area is 177 Å². The summed E-state index contributed by atoms with van der Waals surface area (Å²) >= 11 is 0. The third-order valence-corrected chi connectivity index (χ3v) is 6.06. The molecule has 1 amide bonds. The smallest absolute Gasteiger partial charge is 0.225 e. The second-order valence-corrected chi connectivity index (χ2v) is 8.34. The summed E-state index contributed by atoms with van der Waals surface area (Å²) in [5, 5.41) is 8.04. The van der Waals surface area contributed by atoms with Crippen molar-refractivity contribution in [2.24, 2.45) is 11.8 Å². The molecule has 0 radical (unpaired) electrons. The fraction of sp³-hybridized carbons (Fsp3) is 0.348. The summed E-state index contributed by atoms with van der Waals surface area (Å²) in [6.07, 6.45) is 4.46. The third kappa shape index (κ3) is 3.94. The molecule has 5 rings (SSSR count). The normalized spacial score (nSPS) is 18.5. The highest BCUT2D eigenvalue weighted by Crippen LogP contribution is 2.33. The summed E-state index contributed by atoms with van der Waals surface area (Å²) in [5.74, 6) is -1.31. The summed E-state index contributed by atoms with van der Waals surface area (Å²) in [6, 6.07) is 7.98. The van der Waals surface area contributed by atoms with Crippen LogP contribution in [0.1, 0.15) is 19.3 Å². The molecule has 1 aliphatic carbocycles. The third-order valence-electron chi connectivity index (χ3n) is 6.06. The van der Waals surface area contributed by atoms with Crippen LogP contribution in [0.4, 0.5) is 13.2 Å². The van der Waals surface area contributed by atoms with Gasteiger partial charge in [-0.2, -0.15) is 0 Å². The number of benzene rings is 2. The first-order valence-electron chi connectivity index (χ1n) is 10.4. The molecule has 1 saturated heterocycles. The first-order valence-corrected chi connectivity index (χ1v) is 10.4. The van der Waals surface area contributed by atoms with E-state index in [9.17, 15) is 18.0 Å². The Hall–Kier alpha value is -3.16. The number of nitrogens with zero attached hydrogens (tertiary/aromatic N) is 4.